The first-order chi connectivity index (χ1) is 12.5. The molecule has 0 saturated carbocycles. The Labute approximate surface area is 152 Å². The number of carbonyl (C=O) groups is 1. The van der Waals surface area contributed by atoms with E-state index in [-0.39, 0.29) is 18.1 Å². The summed E-state index contributed by atoms with van der Waals surface area (Å²) >= 11 is 0. The van der Waals surface area contributed by atoms with Gasteiger partial charge in [-0.05, 0) is 41.8 Å². The van der Waals surface area contributed by atoms with Gasteiger partial charge in [-0.3, -0.25) is 4.79 Å². The summed E-state index contributed by atoms with van der Waals surface area (Å²) in [6, 6.07) is 13.8. The van der Waals surface area contributed by atoms with Crippen LogP contribution in [0.15, 0.2) is 59.1 Å². The first-order valence-electron chi connectivity index (χ1n) is 8.62. The van der Waals surface area contributed by atoms with Crippen LogP contribution in [0.25, 0.3) is 11.3 Å². The van der Waals surface area contributed by atoms with Crippen molar-refractivity contribution < 1.29 is 13.6 Å². The fraction of sp³-hybridized carbons (Fsp3) is 0.238. The van der Waals surface area contributed by atoms with Crippen LogP contribution < -0.4 is 5.32 Å². The number of halogens is 1. The fourth-order valence-corrected chi connectivity index (χ4v) is 2.72. The molecule has 2 aromatic carbocycles. The molecule has 0 aliphatic carbocycles. The summed E-state index contributed by atoms with van der Waals surface area (Å²) in [4.78, 5) is 16.5. The van der Waals surface area contributed by atoms with Gasteiger partial charge in [-0.1, -0.05) is 32.0 Å². The first kappa shape index (κ1) is 17.9. The maximum Gasteiger partial charge on any atom is 0.224 e. The molecule has 26 heavy (non-hydrogen) atoms. The number of oxazole rings is 1. The standard InChI is InChI=1S/C21H21FN2O2/c1-14(2)17-5-3-4-6-18(17)24-20(25)11-12-21-23-13-19(26-21)15-7-9-16(22)10-8-15/h3-10,13-14H,11-12H2,1-2H3,(H,24,25). The Bertz CT molecular complexity index is 885. The monoisotopic (exact) mass is 352 g/mol. The number of amides is 1. The summed E-state index contributed by atoms with van der Waals surface area (Å²) in [5.74, 6) is 0.991. The third-order valence-corrected chi connectivity index (χ3v) is 4.11. The number of hydrogen-bond donors (Lipinski definition) is 1. The van der Waals surface area contributed by atoms with E-state index in [1.165, 1.54) is 12.1 Å². The van der Waals surface area contributed by atoms with Crippen LogP contribution in [0.1, 0.15) is 37.6 Å². The largest absolute Gasteiger partial charge is 0.441 e. The van der Waals surface area contributed by atoms with Gasteiger partial charge in [0.15, 0.2) is 11.7 Å². The van der Waals surface area contributed by atoms with Gasteiger partial charge in [0.25, 0.3) is 0 Å². The summed E-state index contributed by atoms with van der Waals surface area (Å²) in [6.45, 7) is 4.18. The van der Waals surface area contributed by atoms with E-state index in [9.17, 15) is 9.18 Å². The van der Waals surface area contributed by atoms with E-state index in [2.05, 4.69) is 24.1 Å². The molecule has 0 aliphatic rings. The molecule has 134 valence electrons. The number of aryl methyl sites for hydroxylation is 1. The number of benzene rings is 2. The molecule has 3 rings (SSSR count). The number of aromatic nitrogens is 1. The number of hydrogen-bond acceptors (Lipinski definition) is 3. The SMILES string of the molecule is CC(C)c1ccccc1NC(=O)CCc1ncc(-c2ccc(F)cc2)o1. The van der Waals surface area contributed by atoms with Crippen molar-refractivity contribution in [3.05, 3.63) is 72.0 Å². The zero-order valence-electron chi connectivity index (χ0n) is 14.8. The van der Waals surface area contributed by atoms with Crippen LogP contribution in [0.2, 0.25) is 0 Å². The van der Waals surface area contributed by atoms with E-state index in [1.807, 2.05) is 24.3 Å². The summed E-state index contributed by atoms with van der Waals surface area (Å²) in [5, 5.41) is 2.96. The highest BCUT2D eigenvalue weighted by Crippen LogP contribution is 2.24. The molecule has 4 nitrogen and oxygen atoms in total. The van der Waals surface area contributed by atoms with Gasteiger partial charge in [0.2, 0.25) is 5.91 Å². The molecule has 0 fully saturated rings. The summed E-state index contributed by atoms with van der Waals surface area (Å²) in [5.41, 5.74) is 2.70. The van der Waals surface area contributed by atoms with E-state index in [4.69, 9.17) is 4.42 Å². The Kier molecular flexibility index (Phi) is 5.46. The number of nitrogens with one attached hydrogen (secondary N) is 1. The molecule has 1 aromatic heterocycles. The molecule has 1 heterocycles. The van der Waals surface area contributed by atoms with Gasteiger partial charge in [-0.15, -0.1) is 0 Å². The predicted octanol–water partition coefficient (Wildman–Crippen LogP) is 5.18. The van der Waals surface area contributed by atoms with Crippen LogP contribution in [0, 0.1) is 5.82 Å². The molecular weight excluding hydrogens is 331 g/mol. The number of rotatable bonds is 6. The van der Waals surface area contributed by atoms with Gasteiger partial charge >= 0.3 is 0 Å². The summed E-state index contributed by atoms with van der Waals surface area (Å²) < 4.78 is 18.6. The van der Waals surface area contributed by atoms with Gasteiger partial charge in [0.05, 0.1) is 6.20 Å². The zero-order chi connectivity index (χ0) is 18.5. The zero-order valence-corrected chi connectivity index (χ0v) is 14.8. The number of anilines is 1. The van der Waals surface area contributed by atoms with Crippen LogP contribution in [-0.4, -0.2) is 10.9 Å². The molecule has 5 heteroatoms. The Morgan fingerprint density at radius 1 is 1.15 bits per heavy atom. The lowest BCUT2D eigenvalue weighted by molar-refractivity contribution is -0.116. The Morgan fingerprint density at radius 2 is 1.88 bits per heavy atom. The summed E-state index contributed by atoms with van der Waals surface area (Å²) in [7, 11) is 0. The molecule has 0 atom stereocenters. The average Bonchev–Trinajstić information content (AvgIpc) is 3.10. The van der Waals surface area contributed by atoms with Crippen molar-refractivity contribution in [2.75, 3.05) is 5.32 Å². The van der Waals surface area contributed by atoms with E-state index < -0.39 is 0 Å². The van der Waals surface area contributed by atoms with Crippen molar-refractivity contribution in [3.63, 3.8) is 0 Å². The van der Waals surface area contributed by atoms with Crippen molar-refractivity contribution in [1.82, 2.24) is 4.98 Å². The van der Waals surface area contributed by atoms with E-state index in [0.717, 1.165) is 16.8 Å². The molecule has 1 amide bonds. The van der Waals surface area contributed by atoms with Crippen LogP contribution >= 0.6 is 0 Å². The van der Waals surface area contributed by atoms with Gasteiger partial charge in [0.1, 0.15) is 5.82 Å². The highest BCUT2D eigenvalue weighted by atomic mass is 19.1. The van der Waals surface area contributed by atoms with Crippen LogP contribution in [-0.2, 0) is 11.2 Å². The van der Waals surface area contributed by atoms with Crippen LogP contribution in [0.5, 0.6) is 0 Å². The van der Waals surface area contributed by atoms with Crippen molar-refractivity contribution >= 4 is 11.6 Å². The van der Waals surface area contributed by atoms with Gasteiger partial charge in [-0.2, -0.15) is 0 Å². The van der Waals surface area contributed by atoms with Crippen molar-refractivity contribution in [2.24, 2.45) is 0 Å². The van der Waals surface area contributed by atoms with E-state index in [0.29, 0.717) is 24.0 Å². The van der Waals surface area contributed by atoms with Gasteiger partial charge in [0, 0.05) is 24.1 Å². The molecule has 0 saturated heterocycles. The summed E-state index contributed by atoms with van der Waals surface area (Å²) in [6.07, 6.45) is 2.27. The lowest BCUT2D eigenvalue weighted by Crippen LogP contribution is -2.14. The predicted molar refractivity (Wildman–Crippen MR) is 99.4 cm³/mol. The number of nitrogens with zero attached hydrogens (tertiary/aromatic N) is 1. The topological polar surface area (TPSA) is 55.1 Å². The number of para-hydroxylation sites is 1. The third-order valence-electron chi connectivity index (χ3n) is 4.11. The minimum absolute atomic E-state index is 0.0837. The highest BCUT2D eigenvalue weighted by Gasteiger charge is 2.12. The molecule has 0 aliphatic heterocycles. The second-order valence-electron chi connectivity index (χ2n) is 6.42. The first-order valence-corrected chi connectivity index (χ1v) is 8.62. The second kappa shape index (κ2) is 7.95. The average molecular weight is 352 g/mol. The highest BCUT2D eigenvalue weighted by molar-refractivity contribution is 5.91. The Hall–Kier alpha value is -2.95. The molecule has 0 bridgehead atoms. The molecule has 3 aromatic rings. The molecule has 0 spiro atoms. The van der Waals surface area contributed by atoms with Crippen LogP contribution in [0.3, 0.4) is 0 Å². The fourth-order valence-electron chi connectivity index (χ4n) is 2.72. The minimum atomic E-state index is -0.299. The van der Waals surface area contributed by atoms with Gasteiger partial charge < -0.3 is 9.73 Å². The van der Waals surface area contributed by atoms with Crippen molar-refractivity contribution in [1.29, 1.82) is 0 Å². The lowest BCUT2D eigenvalue weighted by Gasteiger charge is -2.13. The molecule has 0 radical (unpaired) electrons. The van der Waals surface area contributed by atoms with E-state index >= 15 is 0 Å². The number of carbonyl (C=O) groups excluding carboxylic acids is 1. The molecular formula is C21H21FN2O2. The second-order valence-corrected chi connectivity index (χ2v) is 6.42. The molecule has 0 unspecified atom stereocenters. The van der Waals surface area contributed by atoms with Crippen molar-refractivity contribution in [2.45, 2.75) is 32.6 Å². The Morgan fingerprint density at radius 3 is 2.62 bits per heavy atom. The normalized spacial score (nSPS) is 10.9. The lowest BCUT2D eigenvalue weighted by atomic mass is 10.0. The smallest absolute Gasteiger partial charge is 0.224 e. The maximum atomic E-state index is 13.0. The Balaban J connectivity index is 1.59. The van der Waals surface area contributed by atoms with Gasteiger partial charge in [-0.25, -0.2) is 9.37 Å². The van der Waals surface area contributed by atoms with Crippen molar-refractivity contribution in [3.8, 4) is 11.3 Å². The third kappa shape index (κ3) is 4.36. The van der Waals surface area contributed by atoms with E-state index in [1.54, 1.807) is 18.3 Å². The van der Waals surface area contributed by atoms with Crippen LogP contribution in [0.4, 0.5) is 10.1 Å². The quantitative estimate of drug-likeness (QED) is 0.665. The maximum absolute atomic E-state index is 13.0. The molecule has 1 N–H and O–H groups in total. The minimum Gasteiger partial charge on any atom is -0.441 e.